The first-order valence-corrected chi connectivity index (χ1v) is 11.3. The lowest BCUT2D eigenvalue weighted by Gasteiger charge is -2.19. The molecule has 0 radical (unpaired) electrons. The smallest absolute Gasteiger partial charge is 0.251 e. The van der Waals surface area contributed by atoms with E-state index in [1.54, 1.807) is 19.2 Å². The van der Waals surface area contributed by atoms with Gasteiger partial charge in [-0.15, -0.1) is 0 Å². The fraction of sp³-hybridized carbons (Fsp3) is 0.462. The molecule has 1 saturated heterocycles. The summed E-state index contributed by atoms with van der Waals surface area (Å²) < 4.78 is 16.9. The van der Waals surface area contributed by atoms with Gasteiger partial charge < -0.3 is 24.8 Å². The summed E-state index contributed by atoms with van der Waals surface area (Å²) in [6.45, 7) is 7.85. The third-order valence-electron chi connectivity index (χ3n) is 5.59. The van der Waals surface area contributed by atoms with Gasteiger partial charge in [0.25, 0.3) is 5.91 Å². The van der Waals surface area contributed by atoms with Crippen LogP contribution < -0.4 is 20.1 Å². The fourth-order valence-corrected chi connectivity index (χ4v) is 3.55. The zero-order valence-corrected chi connectivity index (χ0v) is 19.9. The molecule has 1 fully saturated rings. The van der Waals surface area contributed by atoms with Crippen LogP contribution in [0.15, 0.2) is 42.5 Å². The second-order valence-electron chi connectivity index (χ2n) is 9.22. The highest BCUT2D eigenvalue weighted by Crippen LogP contribution is 2.29. The molecule has 1 heterocycles. The third-order valence-corrected chi connectivity index (χ3v) is 5.59. The molecular formula is C26H34N2O5. The molecule has 1 atom stereocenters. The van der Waals surface area contributed by atoms with Crippen molar-refractivity contribution in [3.63, 3.8) is 0 Å². The Balaban J connectivity index is 1.45. The van der Waals surface area contributed by atoms with Crippen LogP contribution in [0.4, 0.5) is 0 Å². The molecule has 2 aromatic carbocycles. The summed E-state index contributed by atoms with van der Waals surface area (Å²) in [6, 6.07) is 13.0. The summed E-state index contributed by atoms with van der Waals surface area (Å²) in [5, 5.41) is 5.47. The third kappa shape index (κ3) is 7.22. The highest BCUT2D eigenvalue weighted by Gasteiger charge is 2.17. The molecule has 33 heavy (non-hydrogen) atoms. The van der Waals surface area contributed by atoms with Crippen molar-refractivity contribution < 1.29 is 23.8 Å². The van der Waals surface area contributed by atoms with E-state index in [0.29, 0.717) is 30.2 Å². The van der Waals surface area contributed by atoms with E-state index in [-0.39, 0.29) is 29.9 Å². The summed E-state index contributed by atoms with van der Waals surface area (Å²) in [7, 11) is 1.58. The highest BCUT2D eigenvalue weighted by molar-refractivity contribution is 5.96. The number of hydrogen-bond donors (Lipinski definition) is 2. The molecule has 2 amide bonds. The van der Waals surface area contributed by atoms with Gasteiger partial charge in [0.2, 0.25) is 5.91 Å². The van der Waals surface area contributed by atoms with Gasteiger partial charge in [-0.2, -0.15) is 0 Å². The Kier molecular flexibility index (Phi) is 8.33. The molecule has 178 valence electrons. The maximum absolute atomic E-state index is 12.3. The van der Waals surface area contributed by atoms with Crippen LogP contribution in [0, 0.1) is 0 Å². The molecule has 0 bridgehead atoms. The number of rotatable bonds is 9. The van der Waals surface area contributed by atoms with Crippen LogP contribution in [0.5, 0.6) is 11.5 Å². The van der Waals surface area contributed by atoms with E-state index < -0.39 is 0 Å². The average Bonchev–Trinajstić information content (AvgIpc) is 3.33. The number of amides is 2. The Morgan fingerprint density at radius 2 is 1.82 bits per heavy atom. The first-order chi connectivity index (χ1) is 15.8. The van der Waals surface area contributed by atoms with E-state index in [2.05, 4.69) is 31.4 Å². The van der Waals surface area contributed by atoms with E-state index in [0.717, 1.165) is 30.6 Å². The van der Waals surface area contributed by atoms with Gasteiger partial charge in [-0.05, 0) is 53.6 Å². The summed E-state index contributed by atoms with van der Waals surface area (Å²) in [6.07, 6.45) is 2.19. The number of carbonyl (C=O) groups is 2. The van der Waals surface area contributed by atoms with Crippen LogP contribution in [0.3, 0.4) is 0 Å². The molecule has 0 aromatic heterocycles. The molecule has 0 aliphatic carbocycles. The number of hydrogen-bond acceptors (Lipinski definition) is 5. The van der Waals surface area contributed by atoms with Crippen molar-refractivity contribution in [2.75, 3.05) is 26.9 Å². The zero-order valence-electron chi connectivity index (χ0n) is 19.9. The predicted octanol–water partition coefficient (Wildman–Crippen LogP) is 3.60. The van der Waals surface area contributed by atoms with Crippen LogP contribution in [-0.2, 0) is 21.5 Å². The molecule has 3 rings (SSSR count). The largest absolute Gasteiger partial charge is 0.493 e. The first kappa shape index (κ1) is 24.6. The van der Waals surface area contributed by atoms with Gasteiger partial charge in [0.1, 0.15) is 6.61 Å². The van der Waals surface area contributed by atoms with Gasteiger partial charge in [-0.25, -0.2) is 0 Å². The van der Waals surface area contributed by atoms with Crippen molar-refractivity contribution >= 4 is 11.8 Å². The second kappa shape index (κ2) is 11.2. The number of methoxy groups -OCH3 is 1. The van der Waals surface area contributed by atoms with Crippen molar-refractivity contribution in [3.05, 3.63) is 59.2 Å². The Bertz CT molecular complexity index is 944. The predicted molar refractivity (Wildman–Crippen MR) is 127 cm³/mol. The van der Waals surface area contributed by atoms with Gasteiger partial charge >= 0.3 is 0 Å². The monoisotopic (exact) mass is 454 g/mol. The molecule has 7 nitrogen and oxygen atoms in total. The van der Waals surface area contributed by atoms with Crippen LogP contribution in [0.2, 0.25) is 0 Å². The lowest BCUT2D eigenvalue weighted by Crippen LogP contribution is -2.36. The van der Waals surface area contributed by atoms with Crippen molar-refractivity contribution in [3.8, 4) is 11.5 Å². The Morgan fingerprint density at radius 1 is 1.06 bits per heavy atom. The number of benzene rings is 2. The maximum atomic E-state index is 12.3. The molecule has 1 unspecified atom stereocenters. The lowest BCUT2D eigenvalue weighted by molar-refractivity contribution is -0.120. The normalized spacial score (nSPS) is 15.7. The summed E-state index contributed by atoms with van der Waals surface area (Å²) in [5.41, 5.74) is 2.56. The molecule has 0 saturated carbocycles. The molecule has 1 aliphatic rings. The van der Waals surface area contributed by atoms with E-state index in [9.17, 15) is 9.59 Å². The van der Waals surface area contributed by atoms with Crippen LogP contribution in [0.1, 0.15) is 55.1 Å². The summed E-state index contributed by atoms with van der Waals surface area (Å²) >= 11 is 0. The SMILES string of the molecule is COc1cc(CNC(=O)CNC(=O)c2ccc(C(C)(C)C)cc2)ccc1OCC1CCCO1. The van der Waals surface area contributed by atoms with Crippen LogP contribution in [0.25, 0.3) is 0 Å². The van der Waals surface area contributed by atoms with Gasteiger partial charge in [-0.1, -0.05) is 39.0 Å². The van der Waals surface area contributed by atoms with Crippen LogP contribution in [-0.4, -0.2) is 44.8 Å². The summed E-state index contributed by atoms with van der Waals surface area (Å²) in [4.78, 5) is 24.5. The molecule has 0 spiro atoms. The van der Waals surface area contributed by atoms with E-state index in [4.69, 9.17) is 14.2 Å². The van der Waals surface area contributed by atoms with Gasteiger partial charge in [0.05, 0.1) is 19.8 Å². The van der Waals surface area contributed by atoms with Crippen LogP contribution >= 0.6 is 0 Å². The molecule has 2 aromatic rings. The molecule has 7 heteroatoms. The van der Waals surface area contributed by atoms with Crippen molar-refractivity contribution in [2.45, 2.75) is 51.7 Å². The van der Waals surface area contributed by atoms with Crippen molar-refractivity contribution in [2.24, 2.45) is 0 Å². The second-order valence-corrected chi connectivity index (χ2v) is 9.22. The Morgan fingerprint density at radius 3 is 2.45 bits per heavy atom. The fourth-order valence-electron chi connectivity index (χ4n) is 3.55. The Hall–Kier alpha value is -3.06. The molecule has 2 N–H and O–H groups in total. The number of carbonyl (C=O) groups excluding carboxylic acids is 2. The highest BCUT2D eigenvalue weighted by atomic mass is 16.5. The zero-order chi connectivity index (χ0) is 23.8. The lowest BCUT2D eigenvalue weighted by atomic mass is 9.87. The van der Waals surface area contributed by atoms with Crippen molar-refractivity contribution in [1.29, 1.82) is 0 Å². The minimum Gasteiger partial charge on any atom is -0.493 e. The number of nitrogens with one attached hydrogen (secondary N) is 2. The maximum Gasteiger partial charge on any atom is 0.251 e. The van der Waals surface area contributed by atoms with E-state index >= 15 is 0 Å². The topological polar surface area (TPSA) is 85.9 Å². The minimum absolute atomic E-state index is 0.0201. The van der Waals surface area contributed by atoms with Gasteiger partial charge in [0, 0.05) is 18.7 Å². The van der Waals surface area contributed by atoms with Gasteiger partial charge in [0.15, 0.2) is 11.5 Å². The van der Waals surface area contributed by atoms with E-state index in [1.165, 1.54) is 0 Å². The van der Waals surface area contributed by atoms with Crippen molar-refractivity contribution in [1.82, 2.24) is 10.6 Å². The quantitative estimate of drug-likeness (QED) is 0.605. The number of ether oxygens (including phenoxy) is 3. The minimum atomic E-state index is -0.278. The van der Waals surface area contributed by atoms with E-state index in [1.807, 2.05) is 30.3 Å². The standard InChI is InChI=1S/C26H34N2O5/c1-26(2,3)20-10-8-19(9-11-20)25(30)28-16-24(29)27-15-18-7-12-22(23(14-18)31-4)33-17-21-6-5-13-32-21/h7-12,14,21H,5-6,13,15-17H2,1-4H3,(H,27,29)(H,28,30). The van der Waals surface area contributed by atoms with Gasteiger partial charge in [-0.3, -0.25) is 9.59 Å². The average molecular weight is 455 g/mol. The molecule has 1 aliphatic heterocycles. The summed E-state index contributed by atoms with van der Waals surface area (Å²) in [5.74, 6) is 0.701. The first-order valence-electron chi connectivity index (χ1n) is 11.3. The molecular weight excluding hydrogens is 420 g/mol. The Labute approximate surface area is 195 Å².